The Kier molecular flexibility index (Phi) is 4.63. The first kappa shape index (κ1) is 14.1. The number of aliphatic hydroxyl groups is 1. The van der Waals surface area contributed by atoms with Gasteiger partial charge in [0, 0.05) is 11.4 Å². The standard InChI is InChI=1S/C9H13NO5S2/c1-6-2-3-8(16-6)17(14,15)10-5-4-7(11)9(12)13/h2-3,7,10-11H,4-5H2,1H3,(H,12,13). The van der Waals surface area contributed by atoms with Crippen molar-refractivity contribution in [3.8, 4) is 0 Å². The predicted molar refractivity (Wildman–Crippen MR) is 62.5 cm³/mol. The molecule has 1 unspecified atom stereocenters. The number of carbonyl (C=O) groups is 1. The summed E-state index contributed by atoms with van der Waals surface area (Å²) in [5, 5.41) is 17.4. The quantitative estimate of drug-likeness (QED) is 0.688. The van der Waals surface area contributed by atoms with Crippen molar-refractivity contribution in [1.82, 2.24) is 4.72 Å². The van der Waals surface area contributed by atoms with Crippen LogP contribution in [0.2, 0.25) is 0 Å². The van der Waals surface area contributed by atoms with Gasteiger partial charge in [-0.1, -0.05) is 0 Å². The molecule has 0 aliphatic carbocycles. The van der Waals surface area contributed by atoms with Gasteiger partial charge in [-0.15, -0.1) is 11.3 Å². The van der Waals surface area contributed by atoms with Crippen molar-refractivity contribution in [2.24, 2.45) is 0 Å². The first-order valence-corrected chi connectivity index (χ1v) is 7.10. The van der Waals surface area contributed by atoms with Crippen molar-refractivity contribution in [2.75, 3.05) is 6.54 Å². The molecule has 0 amide bonds. The molecule has 0 bridgehead atoms. The maximum atomic E-state index is 11.7. The van der Waals surface area contributed by atoms with E-state index in [1.54, 1.807) is 13.0 Å². The number of aliphatic hydroxyl groups excluding tert-OH is 1. The maximum Gasteiger partial charge on any atom is 0.332 e. The molecule has 1 aromatic rings. The molecule has 0 fully saturated rings. The molecule has 0 aliphatic heterocycles. The Bertz CT molecular complexity index is 493. The average molecular weight is 279 g/mol. The molecule has 1 heterocycles. The summed E-state index contributed by atoms with van der Waals surface area (Å²) in [5.74, 6) is -1.36. The molecule has 1 rings (SSSR count). The normalized spacial score (nSPS) is 13.5. The summed E-state index contributed by atoms with van der Waals surface area (Å²) < 4.78 is 25.7. The number of hydrogen-bond donors (Lipinski definition) is 3. The fourth-order valence-electron chi connectivity index (χ4n) is 1.08. The Hall–Kier alpha value is -0.960. The second-order valence-corrected chi connectivity index (χ2v) is 6.69. The van der Waals surface area contributed by atoms with Gasteiger partial charge in [-0.25, -0.2) is 17.9 Å². The van der Waals surface area contributed by atoms with Crippen molar-refractivity contribution in [3.05, 3.63) is 17.0 Å². The number of nitrogens with one attached hydrogen (secondary N) is 1. The summed E-state index contributed by atoms with van der Waals surface area (Å²) in [4.78, 5) is 11.2. The van der Waals surface area contributed by atoms with Gasteiger partial charge < -0.3 is 10.2 Å². The molecule has 0 saturated heterocycles. The van der Waals surface area contributed by atoms with Gasteiger partial charge in [-0.05, 0) is 25.5 Å². The van der Waals surface area contributed by atoms with Crippen LogP contribution in [0, 0.1) is 6.92 Å². The van der Waals surface area contributed by atoms with Crippen LogP contribution >= 0.6 is 11.3 Å². The van der Waals surface area contributed by atoms with Gasteiger partial charge in [0.25, 0.3) is 0 Å². The van der Waals surface area contributed by atoms with Gasteiger partial charge in [0.1, 0.15) is 4.21 Å². The highest BCUT2D eigenvalue weighted by Gasteiger charge is 2.18. The number of carboxylic acid groups (broad SMARTS) is 1. The van der Waals surface area contributed by atoms with Crippen LogP contribution in [-0.2, 0) is 14.8 Å². The van der Waals surface area contributed by atoms with Crippen LogP contribution in [0.15, 0.2) is 16.3 Å². The van der Waals surface area contributed by atoms with E-state index < -0.39 is 22.1 Å². The van der Waals surface area contributed by atoms with Crippen LogP contribution in [0.3, 0.4) is 0 Å². The van der Waals surface area contributed by atoms with Gasteiger partial charge in [0.2, 0.25) is 10.0 Å². The van der Waals surface area contributed by atoms with Crippen LogP contribution in [-0.4, -0.2) is 37.2 Å². The van der Waals surface area contributed by atoms with E-state index in [0.717, 1.165) is 16.2 Å². The maximum absolute atomic E-state index is 11.7. The van der Waals surface area contributed by atoms with Crippen molar-refractivity contribution in [3.63, 3.8) is 0 Å². The summed E-state index contributed by atoms with van der Waals surface area (Å²) in [6.07, 6.45) is -1.72. The Balaban J connectivity index is 2.54. The zero-order chi connectivity index (χ0) is 13.1. The van der Waals surface area contributed by atoms with E-state index in [1.165, 1.54) is 6.07 Å². The number of aryl methyl sites for hydroxylation is 1. The summed E-state index contributed by atoms with van der Waals surface area (Å²) in [7, 11) is -3.60. The summed E-state index contributed by atoms with van der Waals surface area (Å²) in [5.41, 5.74) is 0. The smallest absolute Gasteiger partial charge is 0.332 e. The number of thiophene rings is 1. The lowest BCUT2D eigenvalue weighted by atomic mass is 10.3. The third-order valence-corrected chi connectivity index (χ3v) is 4.93. The lowest BCUT2D eigenvalue weighted by Gasteiger charge is -2.06. The van der Waals surface area contributed by atoms with Gasteiger partial charge in [0.05, 0.1) is 0 Å². The molecule has 3 N–H and O–H groups in total. The molecule has 96 valence electrons. The third kappa shape index (κ3) is 4.08. The van der Waals surface area contributed by atoms with Crippen LogP contribution < -0.4 is 4.72 Å². The summed E-state index contributed by atoms with van der Waals surface area (Å²) >= 11 is 1.13. The average Bonchev–Trinajstić information content (AvgIpc) is 2.65. The summed E-state index contributed by atoms with van der Waals surface area (Å²) in [6, 6.07) is 3.17. The van der Waals surface area contributed by atoms with E-state index in [4.69, 9.17) is 10.2 Å². The fraction of sp³-hybridized carbons (Fsp3) is 0.444. The van der Waals surface area contributed by atoms with Crippen molar-refractivity contribution >= 4 is 27.3 Å². The highest BCUT2D eigenvalue weighted by atomic mass is 32.2. The minimum atomic E-state index is -3.60. The molecular formula is C9H13NO5S2. The van der Waals surface area contributed by atoms with E-state index >= 15 is 0 Å². The molecule has 0 spiro atoms. The van der Waals surface area contributed by atoms with Crippen LogP contribution in [0.4, 0.5) is 0 Å². The highest BCUT2D eigenvalue weighted by molar-refractivity contribution is 7.91. The lowest BCUT2D eigenvalue weighted by Crippen LogP contribution is -2.29. The molecule has 17 heavy (non-hydrogen) atoms. The molecule has 0 radical (unpaired) electrons. The van der Waals surface area contributed by atoms with E-state index in [0.29, 0.717) is 0 Å². The molecule has 0 saturated carbocycles. The molecule has 0 aliphatic rings. The zero-order valence-corrected chi connectivity index (χ0v) is 10.7. The van der Waals surface area contributed by atoms with E-state index in [1.807, 2.05) is 0 Å². The Labute approximate surface area is 103 Å². The van der Waals surface area contributed by atoms with Crippen molar-refractivity contribution < 1.29 is 23.4 Å². The molecule has 6 nitrogen and oxygen atoms in total. The van der Waals surface area contributed by atoms with Gasteiger partial charge in [-0.3, -0.25) is 0 Å². The topological polar surface area (TPSA) is 104 Å². The molecular weight excluding hydrogens is 266 g/mol. The van der Waals surface area contributed by atoms with Crippen LogP contribution in [0.5, 0.6) is 0 Å². The summed E-state index contributed by atoms with van der Waals surface area (Å²) in [6.45, 7) is 1.67. The van der Waals surface area contributed by atoms with Crippen molar-refractivity contribution in [2.45, 2.75) is 23.7 Å². The van der Waals surface area contributed by atoms with E-state index in [9.17, 15) is 13.2 Å². The SMILES string of the molecule is Cc1ccc(S(=O)(=O)NCCC(O)C(=O)O)s1. The van der Waals surface area contributed by atoms with E-state index in [-0.39, 0.29) is 17.2 Å². The third-order valence-electron chi connectivity index (χ3n) is 1.98. The van der Waals surface area contributed by atoms with Gasteiger partial charge in [0.15, 0.2) is 6.10 Å². The number of sulfonamides is 1. The van der Waals surface area contributed by atoms with Gasteiger partial charge in [-0.2, -0.15) is 0 Å². The highest BCUT2D eigenvalue weighted by Crippen LogP contribution is 2.20. The monoisotopic (exact) mass is 279 g/mol. The largest absolute Gasteiger partial charge is 0.479 e. The zero-order valence-electron chi connectivity index (χ0n) is 9.08. The first-order valence-electron chi connectivity index (χ1n) is 4.80. The van der Waals surface area contributed by atoms with E-state index in [2.05, 4.69) is 4.72 Å². The Morgan fingerprint density at radius 1 is 1.53 bits per heavy atom. The predicted octanol–water partition coefficient (Wildman–Crippen LogP) is 0.170. The minimum Gasteiger partial charge on any atom is -0.479 e. The number of aliphatic carboxylic acids is 1. The molecule has 1 atom stereocenters. The first-order chi connectivity index (χ1) is 7.83. The minimum absolute atomic E-state index is 0.118. The van der Waals surface area contributed by atoms with Crippen molar-refractivity contribution in [1.29, 1.82) is 0 Å². The number of hydrogen-bond acceptors (Lipinski definition) is 5. The Morgan fingerprint density at radius 3 is 2.65 bits per heavy atom. The van der Waals surface area contributed by atoms with Crippen LogP contribution in [0.1, 0.15) is 11.3 Å². The lowest BCUT2D eigenvalue weighted by molar-refractivity contribution is -0.146. The second-order valence-electron chi connectivity index (χ2n) is 3.41. The fourth-order valence-corrected chi connectivity index (χ4v) is 3.46. The molecule has 8 heteroatoms. The van der Waals surface area contributed by atoms with Gasteiger partial charge >= 0.3 is 5.97 Å². The second kappa shape index (κ2) is 5.58. The Morgan fingerprint density at radius 2 is 2.18 bits per heavy atom. The molecule has 0 aromatic carbocycles. The van der Waals surface area contributed by atoms with Crippen LogP contribution in [0.25, 0.3) is 0 Å². The molecule has 1 aromatic heterocycles. The number of rotatable bonds is 6. The number of carboxylic acids is 1.